The molecule has 4 rings (SSSR count). The number of aromatic nitrogens is 1. The van der Waals surface area contributed by atoms with Gasteiger partial charge in [-0.3, -0.25) is 4.79 Å². The van der Waals surface area contributed by atoms with Gasteiger partial charge < -0.3 is 9.32 Å². The Morgan fingerprint density at radius 2 is 1.93 bits per heavy atom. The van der Waals surface area contributed by atoms with E-state index < -0.39 is 0 Å². The van der Waals surface area contributed by atoms with Gasteiger partial charge in [0.2, 0.25) is 5.91 Å². The second-order valence-corrected chi connectivity index (χ2v) is 7.35. The van der Waals surface area contributed by atoms with Gasteiger partial charge in [0.25, 0.3) is 0 Å². The molecule has 28 heavy (non-hydrogen) atoms. The predicted octanol–water partition coefficient (Wildman–Crippen LogP) is 5.26. The third-order valence-corrected chi connectivity index (χ3v) is 5.18. The van der Waals surface area contributed by atoms with Gasteiger partial charge in [-0.15, -0.1) is 0 Å². The van der Waals surface area contributed by atoms with Gasteiger partial charge in [0.15, 0.2) is 11.7 Å². The van der Waals surface area contributed by atoms with E-state index in [1.54, 1.807) is 35.4 Å². The third-order valence-electron chi connectivity index (χ3n) is 4.85. The van der Waals surface area contributed by atoms with Crippen molar-refractivity contribution in [2.45, 2.75) is 38.3 Å². The SMILES string of the molecule is O=C(CCc1ncc(-c2ccccc2Cl)o1)N(Cc1ccccc1F)C1CC1. The number of nitrogens with zero attached hydrogens (tertiary/aromatic N) is 2. The molecule has 1 heterocycles. The second-order valence-electron chi connectivity index (χ2n) is 6.94. The average molecular weight is 399 g/mol. The van der Waals surface area contributed by atoms with Crippen LogP contribution in [0.4, 0.5) is 4.39 Å². The number of benzene rings is 2. The third kappa shape index (κ3) is 4.25. The summed E-state index contributed by atoms with van der Waals surface area (Å²) in [5, 5.41) is 0.589. The van der Waals surface area contributed by atoms with Crippen LogP contribution in [0.3, 0.4) is 0 Å². The van der Waals surface area contributed by atoms with Gasteiger partial charge in [0, 0.05) is 36.6 Å². The summed E-state index contributed by atoms with van der Waals surface area (Å²) in [5.74, 6) is 0.782. The van der Waals surface area contributed by atoms with Crippen molar-refractivity contribution in [2.24, 2.45) is 0 Å². The molecule has 6 heteroatoms. The van der Waals surface area contributed by atoms with Crippen molar-refractivity contribution in [3.8, 4) is 11.3 Å². The van der Waals surface area contributed by atoms with Crippen molar-refractivity contribution in [1.29, 1.82) is 0 Å². The van der Waals surface area contributed by atoms with E-state index in [1.807, 2.05) is 18.2 Å². The van der Waals surface area contributed by atoms with Crippen LogP contribution >= 0.6 is 11.6 Å². The highest BCUT2D eigenvalue weighted by molar-refractivity contribution is 6.33. The van der Waals surface area contributed by atoms with Crippen LogP contribution in [0.15, 0.2) is 59.1 Å². The highest BCUT2D eigenvalue weighted by Crippen LogP contribution is 2.30. The van der Waals surface area contributed by atoms with Gasteiger partial charge in [0.1, 0.15) is 5.82 Å². The molecule has 0 bridgehead atoms. The number of halogens is 2. The number of rotatable bonds is 7. The van der Waals surface area contributed by atoms with E-state index in [1.165, 1.54) is 6.07 Å². The summed E-state index contributed by atoms with van der Waals surface area (Å²) in [4.78, 5) is 18.8. The van der Waals surface area contributed by atoms with Gasteiger partial charge in [-0.1, -0.05) is 41.9 Å². The second kappa shape index (κ2) is 8.15. The molecule has 1 aromatic heterocycles. The summed E-state index contributed by atoms with van der Waals surface area (Å²) in [6, 6.07) is 14.2. The molecule has 1 aliphatic rings. The van der Waals surface area contributed by atoms with E-state index in [4.69, 9.17) is 16.0 Å². The van der Waals surface area contributed by atoms with E-state index in [2.05, 4.69) is 4.98 Å². The Balaban J connectivity index is 1.40. The molecule has 1 fully saturated rings. The molecule has 1 saturated carbocycles. The van der Waals surface area contributed by atoms with Crippen molar-refractivity contribution in [1.82, 2.24) is 9.88 Å². The molecule has 144 valence electrons. The molecule has 0 N–H and O–H groups in total. The summed E-state index contributed by atoms with van der Waals surface area (Å²) in [6.45, 7) is 0.298. The molecule has 0 atom stereocenters. The highest BCUT2D eigenvalue weighted by atomic mass is 35.5. The summed E-state index contributed by atoms with van der Waals surface area (Å²) in [5.41, 5.74) is 1.31. The zero-order valence-corrected chi connectivity index (χ0v) is 16.0. The molecule has 0 spiro atoms. The molecule has 1 aliphatic carbocycles. The minimum absolute atomic E-state index is 0.0109. The monoisotopic (exact) mass is 398 g/mol. The summed E-state index contributed by atoms with van der Waals surface area (Å²) < 4.78 is 19.7. The normalized spacial score (nSPS) is 13.5. The number of oxazole rings is 1. The van der Waals surface area contributed by atoms with E-state index >= 15 is 0 Å². The first-order valence-corrected chi connectivity index (χ1v) is 9.72. The Morgan fingerprint density at radius 3 is 2.68 bits per heavy atom. The molecule has 0 aliphatic heterocycles. The number of carbonyl (C=O) groups is 1. The minimum atomic E-state index is -0.280. The first-order valence-electron chi connectivity index (χ1n) is 9.34. The number of aryl methyl sites for hydroxylation is 1. The maximum absolute atomic E-state index is 14.0. The average Bonchev–Trinajstić information content (AvgIpc) is 3.43. The Bertz CT molecular complexity index is 984. The zero-order valence-electron chi connectivity index (χ0n) is 15.3. The maximum Gasteiger partial charge on any atom is 0.223 e. The summed E-state index contributed by atoms with van der Waals surface area (Å²) in [7, 11) is 0. The zero-order chi connectivity index (χ0) is 19.5. The van der Waals surface area contributed by atoms with Crippen molar-refractivity contribution in [3.05, 3.63) is 77.0 Å². The van der Waals surface area contributed by atoms with Crippen LogP contribution in [-0.4, -0.2) is 21.8 Å². The molecule has 0 radical (unpaired) electrons. The molecule has 1 amide bonds. The highest BCUT2D eigenvalue weighted by Gasteiger charge is 2.32. The van der Waals surface area contributed by atoms with E-state index in [0.29, 0.717) is 35.2 Å². The Kier molecular flexibility index (Phi) is 5.44. The van der Waals surface area contributed by atoms with Crippen LogP contribution in [0.1, 0.15) is 30.7 Å². The fourth-order valence-corrected chi connectivity index (χ4v) is 3.41. The largest absolute Gasteiger partial charge is 0.441 e. The number of carbonyl (C=O) groups excluding carboxylic acids is 1. The summed E-state index contributed by atoms with van der Waals surface area (Å²) >= 11 is 6.19. The standard InChI is InChI=1S/C22H20ClFN2O2/c23-18-7-3-2-6-17(18)20-13-25-21(28-20)11-12-22(27)26(16-9-10-16)14-15-5-1-4-8-19(15)24/h1-8,13,16H,9-12,14H2. The number of amides is 1. The smallest absolute Gasteiger partial charge is 0.223 e. The van der Waals surface area contributed by atoms with Crippen molar-refractivity contribution < 1.29 is 13.6 Å². The lowest BCUT2D eigenvalue weighted by molar-refractivity contribution is -0.132. The molecule has 4 nitrogen and oxygen atoms in total. The van der Waals surface area contributed by atoms with Crippen molar-refractivity contribution >= 4 is 17.5 Å². The fraction of sp³-hybridized carbons (Fsp3) is 0.273. The number of hydrogen-bond acceptors (Lipinski definition) is 3. The van der Waals surface area contributed by atoms with Crippen molar-refractivity contribution in [3.63, 3.8) is 0 Å². The lowest BCUT2D eigenvalue weighted by Gasteiger charge is -2.22. The van der Waals surface area contributed by atoms with E-state index in [-0.39, 0.29) is 24.2 Å². The molecule has 0 saturated heterocycles. The maximum atomic E-state index is 14.0. The molecule has 0 unspecified atom stereocenters. The molecule has 3 aromatic rings. The first kappa shape index (κ1) is 18.7. The fourth-order valence-electron chi connectivity index (χ4n) is 3.19. The van der Waals surface area contributed by atoms with Gasteiger partial charge in [-0.05, 0) is 31.0 Å². The van der Waals surface area contributed by atoms with Gasteiger partial charge in [-0.25, -0.2) is 9.37 Å². The molecular formula is C22H20ClFN2O2. The quantitative estimate of drug-likeness (QED) is 0.545. The van der Waals surface area contributed by atoms with Crippen molar-refractivity contribution in [2.75, 3.05) is 0 Å². The minimum Gasteiger partial charge on any atom is -0.441 e. The predicted molar refractivity (Wildman–Crippen MR) is 105 cm³/mol. The van der Waals surface area contributed by atoms with Crippen LogP contribution in [0.25, 0.3) is 11.3 Å². The van der Waals surface area contributed by atoms with E-state index in [9.17, 15) is 9.18 Å². The van der Waals surface area contributed by atoms with Gasteiger partial charge in [-0.2, -0.15) is 0 Å². The topological polar surface area (TPSA) is 46.3 Å². The van der Waals surface area contributed by atoms with Crippen LogP contribution in [0.2, 0.25) is 5.02 Å². The number of hydrogen-bond donors (Lipinski definition) is 0. The van der Waals surface area contributed by atoms with Crippen LogP contribution in [-0.2, 0) is 17.8 Å². The van der Waals surface area contributed by atoms with E-state index in [0.717, 1.165) is 18.4 Å². The first-order chi connectivity index (χ1) is 13.6. The van der Waals surface area contributed by atoms with Gasteiger partial charge >= 0.3 is 0 Å². The Hall–Kier alpha value is -2.66. The van der Waals surface area contributed by atoms with Crippen LogP contribution < -0.4 is 0 Å². The van der Waals surface area contributed by atoms with Crippen LogP contribution in [0.5, 0.6) is 0 Å². The lowest BCUT2D eigenvalue weighted by atomic mass is 10.2. The van der Waals surface area contributed by atoms with Crippen LogP contribution in [0, 0.1) is 5.82 Å². The lowest BCUT2D eigenvalue weighted by Crippen LogP contribution is -2.33. The Labute approximate surface area is 167 Å². The van der Waals surface area contributed by atoms with Gasteiger partial charge in [0.05, 0.1) is 11.2 Å². The molecular weight excluding hydrogens is 379 g/mol. The molecule has 2 aromatic carbocycles. The summed E-state index contributed by atoms with van der Waals surface area (Å²) in [6.07, 6.45) is 4.22. The Morgan fingerprint density at radius 1 is 1.18 bits per heavy atom.